The van der Waals surface area contributed by atoms with Gasteiger partial charge in [0.15, 0.2) is 0 Å². The van der Waals surface area contributed by atoms with Crippen LogP contribution in [0.25, 0.3) is 0 Å². The van der Waals surface area contributed by atoms with Crippen molar-refractivity contribution in [3.05, 3.63) is 46.9 Å². The van der Waals surface area contributed by atoms with Gasteiger partial charge in [0.25, 0.3) is 0 Å². The predicted molar refractivity (Wildman–Crippen MR) is 79.5 cm³/mol. The standard InChI is InChI=1S/C15H19FN4/c1-9-5-6-12(7-13(9)16)11(3)19-14-10(2)8-18-15(17-4)20-14/h5-8,11H,1-4H3,(H2,17,18,19,20). The van der Waals surface area contributed by atoms with E-state index in [1.165, 1.54) is 0 Å². The number of benzene rings is 1. The Kier molecular flexibility index (Phi) is 4.17. The second kappa shape index (κ2) is 5.86. The molecule has 1 aromatic heterocycles. The molecule has 0 amide bonds. The van der Waals surface area contributed by atoms with Crippen LogP contribution in [0.2, 0.25) is 0 Å². The van der Waals surface area contributed by atoms with Crippen molar-refractivity contribution in [3.8, 4) is 0 Å². The van der Waals surface area contributed by atoms with Gasteiger partial charge in [-0.2, -0.15) is 4.98 Å². The number of nitrogens with one attached hydrogen (secondary N) is 2. The number of halogens is 1. The number of nitrogens with zero attached hydrogens (tertiary/aromatic N) is 2. The summed E-state index contributed by atoms with van der Waals surface area (Å²) >= 11 is 0. The van der Waals surface area contributed by atoms with Crippen LogP contribution in [0.4, 0.5) is 16.2 Å². The molecule has 1 unspecified atom stereocenters. The Morgan fingerprint density at radius 3 is 2.60 bits per heavy atom. The third kappa shape index (κ3) is 3.04. The van der Waals surface area contributed by atoms with Crippen LogP contribution >= 0.6 is 0 Å². The van der Waals surface area contributed by atoms with Crippen LogP contribution in [0.5, 0.6) is 0 Å². The maximum absolute atomic E-state index is 13.6. The van der Waals surface area contributed by atoms with Gasteiger partial charge in [0.2, 0.25) is 5.95 Å². The van der Waals surface area contributed by atoms with E-state index < -0.39 is 0 Å². The van der Waals surface area contributed by atoms with E-state index in [1.54, 1.807) is 32.3 Å². The van der Waals surface area contributed by atoms with Crippen molar-refractivity contribution in [2.24, 2.45) is 0 Å². The monoisotopic (exact) mass is 274 g/mol. The molecule has 2 aromatic rings. The highest BCUT2D eigenvalue weighted by Gasteiger charge is 2.10. The Labute approximate surface area is 118 Å². The number of aryl methyl sites for hydroxylation is 2. The van der Waals surface area contributed by atoms with Crippen molar-refractivity contribution in [1.82, 2.24) is 9.97 Å². The lowest BCUT2D eigenvalue weighted by molar-refractivity contribution is 0.614. The first-order valence-electron chi connectivity index (χ1n) is 6.55. The van der Waals surface area contributed by atoms with Gasteiger partial charge in [0, 0.05) is 18.8 Å². The number of rotatable bonds is 4. The van der Waals surface area contributed by atoms with Gasteiger partial charge in [-0.05, 0) is 38.0 Å². The van der Waals surface area contributed by atoms with E-state index in [9.17, 15) is 4.39 Å². The van der Waals surface area contributed by atoms with E-state index in [-0.39, 0.29) is 11.9 Å². The maximum atomic E-state index is 13.6. The molecule has 2 N–H and O–H groups in total. The Balaban J connectivity index is 2.22. The molecule has 106 valence electrons. The highest BCUT2D eigenvalue weighted by molar-refractivity contribution is 5.48. The molecule has 0 spiro atoms. The Hall–Kier alpha value is -2.17. The van der Waals surface area contributed by atoms with Crippen molar-refractivity contribution in [2.75, 3.05) is 17.7 Å². The van der Waals surface area contributed by atoms with Gasteiger partial charge in [-0.15, -0.1) is 0 Å². The molecule has 20 heavy (non-hydrogen) atoms. The lowest BCUT2D eigenvalue weighted by atomic mass is 10.1. The molecule has 5 heteroatoms. The van der Waals surface area contributed by atoms with Crippen molar-refractivity contribution >= 4 is 11.8 Å². The van der Waals surface area contributed by atoms with E-state index in [0.29, 0.717) is 11.5 Å². The third-order valence-corrected chi connectivity index (χ3v) is 3.24. The maximum Gasteiger partial charge on any atom is 0.224 e. The molecule has 0 aliphatic rings. The van der Waals surface area contributed by atoms with Crippen LogP contribution in [0, 0.1) is 19.7 Å². The molecule has 0 aliphatic heterocycles. The van der Waals surface area contributed by atoms with Gasteiger partial charge in [0.05, 0.1) is 6.04 Å². The average molecular weight is 274 g/mol. The molecule has 0 saturated carbocycles. The zero-order valence-electron chi connectivity index (χ0n) is 12.2. The van der Waals surface area contributed by atoms with Crippen molar-refractivity contribution in [1.29, 1.82) is 0 Å². The van der Waals surface area contributed by atoms with Gasteiger partial charge >= 0.3 is 0 Å². The smallest absolute Gasteiger partial charge is 0.224 e. The van der Waals surface area contributed by atoms with Gasteiger partial charge in [0.1, 0.15) is 11.6 Å². The minimum absolute atomic E-state index is 0.0385. The fraction of sp³-hybridized carbons (Fsp3) is 0.333. The summed E-state index contributed by atoms with van der Waals surface area (Å²) in [4.78, 5) is 8.51. The summed E-state index contributed by atoms with van der Waals surface area (Å²) in [7, 11) is 1.77. The predicted octanol–water partition coefficient (Wildman–Crippen LogP) is 3.45. The van der Waals surface area contributed by atoms with E-state index in [0.717, 1.165) is 16.9 Å². The lowest BCUT2D eigenvalue weighted by Gasteiger charge is -2.17. The molecular weight excluding hydrogens is 255 g/mol. The lowest BCUT2D eigenvalue weighted by Crippen LogP contribution is -2.11. The van der Waals surface area contributed by atoms with Crippen molar-refractivity contribution < 1.29 is 4.39 Å². The van der Waals surface area contributed by atoms with E-state index in [4.69, 9.17) is 0 Å². The van der Waals surface area contributed by atoms with Crippen LogP contribution in [0.3, 0.4) is 0 Å². The van der Waals surface area contributed by atoms with E-state index in [1.807, 2.05) is 19.9 Å². The molecule has 0 saturated heterocycles. The average Bonchev–Trinajstić information content (AvgIpc) is 2.44. The number of anilines is 2. The van der Waals surface area contributed by atoms with Gasteiger partial charge in [-0.1, -0.05) is 12.1 Å². The van der Waals surface area contributed by atoms with Crippen LogP contribution in [-0.4, -0.2) is 17.0 Å². The summed E-state index contributed by atoms with van der Waals surface area (Å²) in [5.41, 5.74) is 2.48. The second-order valence-corrected chi connectivity index (χ2v) is 4.85. The summed E-state index contributed by atoms with van der Waals surface area (Å²) in [5.74, 6) is 1.12. The first-order valence-corrected chi connectivity index (χ1v) is 6.55. The van der Waals surface area contributed by atoms with Gasteiger partial charge in [-0.25, -0.2) is 9.37 Å². The Morgan fingerprint density at radius 1 is 1.20 bits per heavy atom. The molecule has 0 fully saturated rings. The first kappa shape index (κ1) is 14.2. The molecule has 1 heterocycles. The van der Waals surface area contributed by atoms with Gasteiger partial charge in [-0.3, -0.25) is 0 Å². The molecule has 1 aromatic carbocycles. The molecular formula is C15H19FN4. The number of hydrogen-bond acceptors (Lipinski definition) is 4. The SMILES string of the molecule is CNc1ncc(C)c(NC(C)c2ccc(C)c(F)c2)n1. The summed E-state index contributed by atoms with van der Waals surface area (Å²) in [6.07, 6.45) is 1.75. The highest BCUT2D eigenvalue weighted by atomic mass is 19.1. The molecule has 4 nitrogen and oxygen atoms in total. The van der Waals surface area contributed by atoms with E-state index in [2.05, 4.69) is 20.6 Å². The molecule has 1 atom stereocenters. The second-order valence-electron chi connectivity index (χ2n) is 4.85. The molecule has 0 aliphatic carbocycles. The molecule has 0 bridgehead atoms. The zero-order chi connectivity index (χ0) is 14.7. The largest absolute Gasteiger partial charge is 0.363 e. The summed E-state index contributed by atoms with van der Waals surface area (Å²) < 4.78 is 13.6. The van der Waals surface area contributed by atoms with Crippen LogP contribution in [0.1, 0.15) is 29.7 Å². The normalized spacial score (nSPS) is 12.1. The van der Waals surface area contributed by atoms with Crippen LogP contribution < -0.4 is 10.6 Å². The van der Waals surface area contributed by atoms with Gasteiger partial charge < -0.3 is 10.6 Å². The Morgan fingerprint density at radius 2 is 1.95 bits per heavy atom. The fourth-order valence-electron chi connectivity index (χ4n) is 1.88. The fourth-order valence-corrected chi connectivity index (χ4v) is 1.88. The number of aromatic nitrogens is 2. The minimum atomic E-state index is -0.188. The molecule has 2 rings (SSSR count). The summed E-state index contributed by atoms with van der Waals surface area (Å²) in [6, 6.07) is 5.23. The minimum Gasteiger partial charge on any atom is -0.363 e. The van der Waals surface area contributed by atoms with Crippen molar-refractivity contribution in [3.63, 3.8) is 0 Å². The Bertz CT molecular complexity index is 613. The summed E-state index contributed by atoms with van der Waals surface area (Å²) in [6.45, 7) is 5.67. The zero-order valence-corrected chi connectivity index (χ0v) is 12.2. The topological polar surface area (TPSA) is 49.8 Å². The quantitative estimate of drug-likeness (QED) is 0.896. The highest BCUT2D eigenvalue weighted by Crippen LogP contribution is 2.22. The van der Waals surface area contributed by atoms with Crippen molar-refractivity contribution in [2.45, 2.75) is 26.8 Å². The van der Waals surface area contributed by atoms with Crippen LogP contribution in [-0.2, 0) is 0 Å². The number of hydrogen-bond donors (Lipinski definition) is 2. The summed E-state index contributed by atoms with van der Waals surface area (Å²) in [5, 5.41) is 6.19. The van der Waals surface area contributed by atoms with Crippen LogP contribution in [0.15, 0.2) is 24.4 Å². The third-order valence-electron chi connectivity index (χ3n) is 3.24. The molecule has 0 radical (unpaired) electrons. The van der Waals surface area contributed by atoms with E-state index >= 15 is 0 Å². The first-order chi connectivity index (χ1) is 9.51.